The van der Waals surface area contributed by atoms with Crippen molar-refractivity contribution in [2.75, 3.05) is 17.6 Å². The molecule has 140 valence electrons. The first kappa shape index (κ1) is 20.4. The van der Waals surface area contributed by atoms with Gasteiger partial charge in [-0.1, -0.05) is 19.1 Å². The van der Waals surface area contributed by atoms with E-state index in [9.17, 15) is 17.6 Å². The molecule has 2 N–H and O–H groups in total. The fourth-order valence-electron chi connectivity index (χ4n) is 2.08. The van der Waals surface area contributed by atoms with Gasteiger partial charge in [-0.3, -0.25) is 4.79 Å². The van der Waals surface area contributed by atoms with Crippen LogP contribution in [0.2, 0.25) is 0 Å². The summed E-state index contributed by atoms with van der Waals surface area (Å²) in [5, 5.41) is 2.70. The molecule has 8 heteroatoms. The van der Waals surface area contributed by atoms with E-state index in [2.05, 4.69) is 10.0 Å². The van der Waals surface area contributed by atoms with Crippen LogP contribution in [0, 0.1) is 5.82 Å². The van der Waals surface area contributed by atoms with Crippen LogP contribution < -0.4 is 10.0 Å². The molecule has 0 fully saturated rings. The maximum atomic E-state index is 13.5. The molecule has 0 aromatic heterocycles. The number of benzene rings is 2. The van der Waals surface area contributed by atoms with Gasteiger partial charge in [-0.25, -0.2) is 17.5 Å². The minimum Gasteiger partial charge on any atom is -0.326 e. The molecular weight excluding hydrogens is 375 g/mol. The third-order valence-electron chi connectivity index (χ3n) is 3.41. The van der Waals surface area contributed by atoms with Crippen molar-refractivity contribution in [3.63, 3.8) is 0 Å². The molecule has 0 saturated carbocycles. The second-order valence-corrected chi connectivity index (χ2v) is 8.40. The summed E-state index contributed by atoms with van der Waals surface area (Å²) in [5.41, 5.74) is 0.514. The van der Waals surface area contributed by atoms with Crippen molar-refractivity contribution in [1.82, 2.24) is 4.72 Å². The minimum absolute atomic E-state index is 0.152. The lowest BCUT2D eigenvalue weighted by Crippen LogP contribution is -2.24. The predicted molar refractivity (Wildman–Crippen MR) is 102 cm³/mol. The first-order chi connectivity index (χ1) is 12.4. The van der Waals surface area contributed by atoms with Crippen molar-refractivity contribution in [2.45, 2.75) is 29.6 Å². The minimum atomic E-state index is -3.52. The highest BCUT2D eigenvalue weighted by molar-refractivity contribution is 7.99. The van der Waals surface area contributed by atoms with Gasteiger partial charge >= 0.3 is 0 Å². The average Bonchev–Trinajstić information content (AvgIpc) is 2.62. The van der Waals surface area contributed by atoms with Crippen molar-refractivity contribution < 1.29 is 17.6 Å². The lowest BCUT2D eigenvalue weighted by molar-refractivity contribution is -0.115. The molecule has 0 unspecified atom stereocenters. The Hall–Kier alpha value is -1.90. The van der Waals surface area contributed by atoms with Crippen molar-refractivity contribution in [1.29, 1.82) is 0 Å². The molecule has 1 amide bonds. The molecule has 0 saturated heterocycles. The second kappa shape index (κ2) is 9.70. The third-order valence-corrected chi connectivity index (χ3v) is 5.94. The quantitative estimate of drug-likeness (QED) is 0.635. The maximum absolute atomic E-state index is 13.5. The second-order valence-electron chi connectivity index (χ2n) is 5.50. The van der Waals surface area contributed by atoms with E-state index in [-0.39, 0.29) is 23.0 Å². The van der Waals surface area contributed by atoms with E-state index in [1.54, 1.807) is 30.3 Å². The first-order valence-electron chi connectivity index (χ1n) is 8.19. The summed E-state index contributed by atoms with van der Waals surface area (Å²) in [5.74, 6) is -0.0693. The van der Waals surface area contributed by atoms with Gasteiger partial charge in [0, 0.05) is 29.3 Å². The number of anilines is 1. The summed E-state index contributed by atoms with van der Waals surface area (Å²) in [7, 11) is -3.52. The van der Waals surface area contributed by atoms with E-state index in [4.69, 9.17) is 0 Å². The Balaban J connectivity index is 1.84. The zero-order valence-electron chi connectivity index (χ0n) is 14.4. The van der Waals surface area contributed by atoms with Gasteiger partial charge in [-0.15, -0.1) is 11.8 Å². The van der Waals surface area contributed by atoms with Crippen LogP contribution in [0.4, 0.5) is 10.1 Å². The number of hydrogen-bond acceptors (Lipinski definition) is 4. The number of carbonyl (C=O) groups is 1. The Bertz CT molecular complexity index is 840. The highest BCUT2D eigenvalue weighted by atomic mass is 32.2. The van der Waals surface area contributed by atoms with Gasteiger partial charge in [0.1, 0.15) is 5.82 Å². The molecule has 0 bridgehead atoms. The van der Waals surface area contributed by atoms with Crippen LogP contribution in [0.1, 0.15) is 19.8 Å². The molecular formula is C18H21FN2O3S2. The Morgan fingerprint density at radius 2 is 1.81 bits per heavy atom. The van der Waals surface area contributed by atoms with E-state index >= 15 is 0 Å². The fourth-order valence-corrected chi connectivity index (χ4v) is 4.10. The SMILES string of the molecule is CCCNS(=O)(=O)c1ccc(NC(=O)CCSc2ccccc2F)cc1. The van der Waals surface area contributed by atoms with Gasteiger partial charge in [0.2, 0.25) is 15.9 Å². The van der Waals surface area contributed by atoms with Crippen molar-refractivity contribution in [3.05, 3.63) is 54.3 Å². The number of nitrogens with one attached hydrogen (secondary N) is 2. The number of sulfonamides is 1. The molecule has 2 aromatic carbocycles. The maximum Gasteiger partial charge on any atom is 0.240 e. The van der Waals surface area contributed by atoms with Crippen molar-refractivity contribution >= 4 is 33.4 Å². The summed E-state index contributed by atoms with van der Waals surface area (Å²) >= 11 is 1.28. The van der Waals surface area contributed by atoms with Gasteiger partial charge in [0.15, 0.2) is 0 Å². The largest absolute Gasteiger partial charge is 0.326 e. The Labute approximate surface area is 157 Å². The topological polar surface area (TPSA) is 75.3 Å². The molecule has 0 radical (unpaired) electrons. The highest BCUT2D eigenvalue weighted by Gasteiger charge is 2.13. The molecule has 2 aromatic rings. The number of carbonyl (C=O) groups excluding carboxylic acids is 1. The molecule has 0 heterocycles. The number of amides is 1. The van der Waals surface area contributed by atoms with Gasteiger partial charge in [0.05, 0.1) is 4.90 Å². The smallest absolute Gasteiger partial charge is 0.240 e. The zero-order valence-corrected chi connectivity index (χ0v) is 16.0. The van der Waals surface area contributed by atoms with Gasteiger partial charge < -0.3 is 5.32 Å². The lowest BCUT2D eigenvalue weighted by atomic mass is 10.3. The third kappa shape index (κ3) is 6.12. The number of halogens is 1. The molecule has 5 nitrogen and oxygen atoms in total. The normalized spacial score (nSPS) is 11.3. The monoisotopic (exact) mass is 396 g/mol. The summed E-state index contributed by atoms with van der Waals surface area (Å²) in [6, 6.07) is 12.4. The van der Waals surface area contributed by atoms with E-state index in [1.165, 1.54) is 30.0 Å². The van der Waals surface area contributed by atoms with Crippen LogP contribution in [0.3, 0.4) is 0 Å². The fraction of sp³-hybridized carbons (Fsp3) is 0.278. The summed E-state index contributed by atoms with van der Waals surface area (Å²) in [4.78, 5) is 12.6. The van der Waals surface area contributed by atoms with E-state index < -0.39 is 10.0 Å². The zero-order chi connectivity index (χ0) is 19.0. The average molecular weight is 397 g/mol. The molecule has 2 rings (SSSR count). The van der Waals surface area contributed by atoms with Crippen molar-refractivity contribution in [3.8, 4) is 0 Å². The number of rotatable bonds is 9. The summed E-state index contributed by atoms with van der Waals surface area (Å²) < 4.78 is 40.0. The number of thioether (sulfide) groups is 1. The van der Waals surface area contributed by atoms with E-state index in [0.29, 0.717) is 29.3 Å². The van der Waals surface area contributed by atoms with Crippen molar-refractivity contribution in [2.24, 2.45) is 0 Å². The highest BCUT2D eigenvalue weighted by Crippen LogP contribution is 2.22. The molecule has 0 aliphatic rings. The lowest BCUT2D eigenvalue weighted by Gasteiger charge is -2.08. The van der Waals surface area contributed by atoms with Crippen LogP contribution in [-0.2, 0) is 14.8 Å². The van der Waals surface area contributed by atoms with Crippen LogP contribution in [0.15, 0.2) is 58.3 Å². The van der Waals surface area contributed by atoms with Gasteiger partial charge in [0.25, 0.3) is 0 Å². The predicted octanol–water partition coefficient (Wildman–Crippen LogP) is 3.63. The molecule has 26 heavy (non-hydrogen) atoms. The van der Waals surface area contributed by atoms with Gasteiger partial charge in [-0.2, -0.15) is 0 Å². The molecule has 0 atom stereocenters. The Morgan fingerprint density at radius 3 is 2.46 bits per heavy atom. The van der Waals surface area contributed by atoms with Gasteiger partial charge in [-0.05, 0) is 42.8 Å². The van der Waals surface area contributed by atoms with Crippen LogP contribution in [0.5, 0.6) is 0 Å². The molecule has 0 aliphatic carbocycles. The molecule has 0 aliphatic heterocycles. The van der Waals surface area contributed by atoms with E-state index in [0.717, 1.165) is 0 Å². The standard InChI is InChI=1S/C18H21FN2O3S2/c1-2-12-20-26(23,24)15-9-7-14(8-10-15)21-18(22)11-13-25-17-6-4-3-5-16(17)19/h3-10,20H,2,11-13H2,1H3,(H,21,22). The molecule has 0 spiro atoms. The summed E-state index contributed by atoms with van der Waals surface area (Å²) in [6.45, 7) is 2.26. The van der Waals surface area contributed by atoms with Crippen LogP contribution in [-0.4, -0.2) is 26.6 Å². The number of hydrogen-bond donors (Lipinski definition) is 2. The summed E-state index contributed by atoms with van der Waals surface area (Å²) in [6.07, 6.45) is 0.926. The van der Waals surface area contributed by atoms with Crippen LogP contribution >= 0.6 is 11.8 Å². The Kier molecular flexibility index (Phi) is 7.62. The van der Waals surface area contributed by atoms with E-state index in [1.807, 2.05) is 6.92 Å². The van der Waals surface area contributed by atoms with Crippen LogP contribution in [0.25, 0.3) is 0 Å². The first-order valence-corrected chi connectivity index (χ1v) is 10.7. The Morgan fingerprint density at radius 1 is 1.12 bits per heavy atom.